The van der Waals surface area contributed by atoms with Crippen molar-refractivity contribution in [3.63, 3.8) is 0 Å². The summed E-state index contributed by atoms with van der Waals surface area (Å²) in [4.78, 5) is 11.4. The van der Waals surface area contributed by atoms with Gasteiger partial charge < -0.3 is 11.5 Å². The van der Waals surface area contributed by atoms with Crippen LogP contribution in [0.4, 0.5) is 0 Å². The van der Waals surface area contributed by atoms with Crippen LogP contribution in [0.25, 0.3) is 5.57 Å². The first-order valence-electron chi connectivity index (χ1n) is 8.16. The number of thioether (sulfide) groups is 1. The summed E-state index contributed by atoms with van der Waals surface area (Å²) in [6, 6.07) is 15.5. The summed E-state index contributed by atoms with van der Waals surface area (Å²) in [5.74, 6) is -1.60. The summed E-state index contributed by atoms with van der Waals surface area (Å²) >= 11 is 7.69. The van der Waals surface area contributed by atoms with Crippen LogP contribution in [0, 0.1) is 5.92 Å². The lowest BCUT2D eigenvalue weighted by Gasteiger charge is -2.34. The maximum absolute atomic E-state index is 12.0. The van der Waals surface area contributed by atoms with Crippen molar-refractivity contribution >= 4 is 44.9 Å². The van der Waals surface area contributed by atoms with E-state index in [2.05, 4.69) is 0 Å². The monoisotopic (exact) mass is 435 g/mol. The molecule has 146 valence electrons. The molecule has 0 spiro atoms. The van der Waals surface area contributed by atoms with E-state index >= 15 is 0 Å². The molecule has 9 heteroatoms. The summed E-state index contributed by atoms with van der Waals surface area (Å²) in [6.45, 7) is 0. The molecule has 0 fully saturated rings. The van der Waals surface area contributed by atoms with Gasteiger partial charge in [-0.3, -0.25) is 4.79 Å². The van der Waals surface area contributed by atoms with Gasteiger partial charge in [-0.15, -0.1) is 0 Å². The van der Waals surface area contributed by atoms with Crippen LogP contribution in [0.3, 0.4) is 0 Å². The van der Waals surface area contributed by atoms with E-state index in [4.69, 9.17) is 28.2 Å². The molecule has 6 N–H and O–H groups in total. The van der Waals surface area contributed by atoms with Gasteiger partial charge in [0.25, 0.3) is 0 Å². The van der Waals surface area contributed by atoms with Gasteiger partial charge in [0.1, 0.15) is 5.00 Å². The van der Waals surface area contributed by atoms with E-state index in [1.807, 2.05) is 30.3 Å². The first-order valence-corrected chi connectivity index (χ1v) is 10.9. The third-order valence-corrected chi connectivity index (χ3v) is 6.87. The molecule has 0 radical (unpaired) electrons. The van der Waals surface area contributed by atoms with Crippen molar-refractivity contribution in [3.05, 3.63) is 77.2 Å². The highest BCUT2D eigenvalue weighted by atomic mass is 35.5. The normalized spacial score (nSPS) is 22.3. The van der Waals surface area contributed by atoms with Crippen LogP contribution >= 0.6 is 23.4 Å². The fourth-order valence-corrected chi connectivity index (χ4v) is 4.83. The molecule has 0 aromatic heterocycles. The fraction of sp³-hybridized carbons (Fsp3) is 0.105. The minimum Gasteiger partial charge on any atom is -0.369 e. The van der Waals surface area contributed by atoms with E-state index in [0.717, 1.165) is 22.9 Å². The van der Waals surface area contributed by atoms with Gasteiger partial charge in [-0.2, -0.15) is 0 Å². The molecular weight excluding hydrogens is 418 g/mol. The Morgan fingerprint density at radius 1 is 1.11 bits per heavy atom. The number of primary amides is 1. The van der Waals surface area contributed by atoms with Gasteiger partial charge in [-0.05, 0) is 35.4 Å². The largest absolute Gasteiger partial charge is 0.369 e. The summed E-state index contributed by atoms with van der Waals surface area (Å²) in [6.07, 6.45) is 3.42. The van der Waals surface area contributed by atoms with E-state index in [0.29, 0.717) is 9.80 Å². The molecule has 3 rings (SSSR count). The average Bonchev–Trinajstić information content (AvgIpc) is 2.63. The first-order chi connectivity index (χ1) is 13.1. The predicted molar refractivity (Wildman–Crippen MR) is 112 cm³/mol. The zero-order valence-electron chi connectivity index (χ0n) is 14.6. The number of nitrogens with two attached hydrogens (primary N) is 3. The van der Waals surface area contributed by atoms with Gasteiger partial charge >= 0.3 is 0 Å². The summed E-state index contributed by atoms with van der Waals surface area (Å²) in [5, 5.41) is 5.20. The lowest BCUT2D eigenvalue weighted by Crippen LogP contribution is -2.49. The van der Waals surface area contributed by atoms with E-state index in [1.54, 1.807) is 24.3 Å². The smallest absolute Gasteiger partial charge is 0.238 e. The fourth-order valence-electron chi connectivity index (χ4n) is 2.80. The van der Waals surface area contributed by atoms with Gasteiger partial charge in [-0.25, -0.2) is 13.6 Å². The van der Waals surface area contributed by atoms with Gasteiger partial charge in [0, 0.05) is 9.80 Å². The highest BCUT2D eigenvalue weighted by Gasteiger charge is 2.42. The van der Waals surface area contributed by atoms with Crippen LogP contribution < -0.4 is 16.6 Å². The standard InChI is InChI=1S/C19H18ClN3O3S2/c20-19(22)16(18(21)24)9-13(12-5-2-1-3-6-12)10-17(19)27-14-7-4-8-15(11-14)28(23,25)26/h1-11,16H,22H2,(H2,21,24)(H2,23,25,26). The zero-order valence-corrected chi connectivity index (χ0v) is 17.0. The number of hydrogen-bond acceptors (Lipinski definition) is 5. The Labute approximate surface area is 172 Å². The molecule has 0 aliphatic heterocycles. The van der Waals surface area contributed by atoms with Gasteiger partial charge in [0.15, 0.2) is 0 Å². The van der Waals surface area contributed by atoms with E-state index in [9.17, 15) is 13.2 Å². The van der Waals surface area contributed by atoms with Crippen LogP contribution in [0.1, 0.15) is 5.56 Å². The summed E-state index contributed by atoms with van der Waals surface area (Å²) in [5.41, 5.74) is 13.4. The summed E-state index contributed by atoms with van der Waals surface area (Å²) < 4.78 is 23.2. The van der Waals surface area contributed by atoms with Crippen molar-refractivity contribution < 1.29 is 13.2 Å². The van der Waals surface area contributed by atoms with Gasteiger partial charge in [0.05, 0.1) is 10.8 Å². The number of primary sulfonamides is 1. The molecule has 2 aromatic rings. The number of carbonyl (C=O) groups excluding carboxylic acids is 1. The maximum Gasteiger partial charge on any atom is 0.238 e. The van der Waals surface area contributed by atoms with Crippen LogP contribution in [-0.4, -0.2) is 19.3 Å². The van der Waals surface area contributed by atoms with Crippen molar-refractivity contribution in [1.29, 1.82) is 0 Å². The van der Waals surface area contributed by atoms with Crippen molar-refractivity contribution in [1.82, 2.24) is 0 Å². The lowest BCUT2D eigenvalue weighted by molar-refractivity contribution is -0.121. The molecule has 2 aromatic carbocycles. The van der Waals surface area contributed by atoms with Crippen molar-refractivity contribution in [3.8, 4) is 0 Å². The van der Waals surface area contributed by atoms with E-state index in [1.165, 1.54) is 12.1 Å². The number of sulfonamides is 1. The molecule has 1 aliphatic carbocycles. The van der Waals surface area contributed by atoms with Crippen LogP contribution in [-0.2, 0) is 14.8 Å². The zero-order chi connectivity index (χ0) is 20.5. The highest BCUT2D eigenvalue weighted by molar-refractivity contribution is 8.03. The molecule has 1 aliphatic rings. The topological polar surface area (TPSA) is 129 Å². The van der Waals surface area contributed by atoms with Crippen LogP contribution in [0.15, 0.2) is 81.4 Å². The van der Waals surface area contributed by atoms with Gasteiger partial charge in [-0.1, -0.05) is 65.8 Å². The van der Waals surface area contributed by atoms with E-state index < -0.39 is 26.8 Å². The van der Waals surface area contributed by atoms with Crippen LogP contribution in [0.2, 0.25) is 0 Å². The van der Waals surface area contributed by atoms with Crippen molar-refractivity contribution in [2.75, 3.05) is 0 Å². The number of halogens is 1. The molecule has 2 unspecified atom stereocenters. The number of carbonyl (C=O) groups is 1. The Kier molecular flexibility index (Phi) is 5.69. The quantitative estimate of drug-likeness (QED) is 0.490. The first kappa shape index (κ1) is 20.6. The minimum absolute atomic E-state index is 0.0311. The van der Waals surface area contributed by atoms with Gasteiger partial charge in [0.2, 0.25) is 15.9 Å². The number of benzene rings is 2. The number of allylic oxidation sites excluding steroid dienone is 2. The Morgan fingerprint density at radius 2 is 1.79 bits per heavy atom. The molecule has 0 heterocycles. The molecule has 0 bridgehead atoms. The Balaban J connectivity index is 2.06. The molecule has 28 heavy (non-hydrogen) atoms. The number of amides is 1. The number of hydrogen-bond donors (Lipinski definition) is 3. The molecule has 0 saturated carbocycles. The number of rotatable bonds is 5. The third-order valence-electron chi connectivity index (χ3n) is 4.24. The van der Waals surface area contributed by atoms with Crippen molar-refractivity contribution in [2.45, 2.75) is 14.8 Å². The van der Waals surface area contributed by atoms with E-state index in [-0.39, 0.29) is 4.90 Å². The maximum atomic E-state index is 12.0. The Bertz CT molecular complexity index is 1080. The minimum atomic E-state index is -3.86. The predicted octanol–water partition coefficient (Wildman–Crippen LogP) is 2.40. The SMILES string of the molecule is NC(=O)C1C=C(c2ccccc2)C=C(Sc2cccc(S(N)(=O)=O)c2)C1(N)Cl. The molecule has 2 atom stereocenters. The molecule has 1 amide bonds. The second-order valence-electron chi connectivity index (χ2n) is 6.27. The number of alkyl halides is 1. The van der Waals surface area contributed by atoms with Crippen molar-refractivity contribution in [2.24, 2.45) is 22.5 Å². The second-order valence-corrected chi connectivity index (χ2v) is 9.57. The molecule has 6 nitrogen and oxygen atoms in total. The lowest BCUT2D eigenvalue weighted by atomic mass is 9.88. The second kappa shape index (κ2) is 7.73. The summed E-state index contributed by atoms with van der Waals surface area (Å²) in [7, 11) is -3.86. The Hall–Kier alpha value is -2.10. The highest BCUT2D eigenvalue weighted by Crippen LogP contribution is 2.45. The third kappa shape index (κ3) is 4.31. The molecule has 0 saturated heterocycles. The Morgan fingerprint density at radius 3 is 2.39 bits per heavy atom. The van der Waals surface area contributed by atoms with Crippen LogP contribution in [0.5, 0.6) is 0 Å². The average molecular weight is 436 g/mol. The molecular formula is C19H18ClN3O3S2.